The van der Waals surface area contributed by atoms with Gasteiger partial charge in [0.25, 0.3) is 0 Å². The van der Waals surface area contributed by atoms with E-state index in [9.17, 15) is 9.59 Å². The van der Waals surface area contributed by atoms with Crippen molar-refractivity contribution in [2.45, 2.75) is 78.1 Å². The molecule has 0 aliphatic heterocycles. The molecular formula is C19H32O4Si. The maximum absolute atomic E-state index is 12.7. The van der Waals surface area contributed by atoms with Gasteiger partial charge in [0.2, 0.25) is 0 Å². The molecule has 0 unspecified atom stereocenters. The van der Waals surface area contributed by atoms with Crippen LogP contribution in [0.25, 0.3) is 0 Å². The van der Waals surface area contributed by atoms with E-state index in [0.717, 1.165) is 5.57 Å². The van der Waals surface area contributed by atoms with Crippen molar-refractivity contribution in [3.05, 3.63) is 11.1 Å². The molecule has 0 N–H and O–H groups in total. The highest BCUT2D eigenvalue weighted by Crippen LogP contribution is 2.70. The molecule has 1 saturated carbocycles. The third kappa shape index (κ3) is 2.70. The van der Waals surface area contributed by atoms with E-state index in [1.165, 1.54) is 7.11 Å². The van der Waals surface area contributed by atoms with Crippen LogP contribution in [0.2, 0.25) is 18.1 Å². The molecule has 0 aromatic rings. The maximum atomic E-state index is 12.7. The molecule has 2 aliphatic rings. The standard InChI is InChI=1S/C19H32O4Si/c1-12-11-19(23-24(8,9)17(2,3)4)14(18(19,5)6)10-13(20)15(12)16(21)22-7/h14H,10-11H2,1-9H3/t14-,19+/m1/s1. The molecule has 0 heterocycles. The molecular weight excluding hydrogens is 320 g/mol. The smallest absolute Gasteiger partial charge is 0.341 e. The maximum Gasteiger partial charge on any atom is 0.341 e. The second kappa shape index (κ2) is 5.53. The largest absolute Gasteiger partial charge is 0.465 e. The zero-order valence-corrected chi connectivity index (χ0v) is 17.6. The first-order valence-corrected chi connectivity index (χ1v) is 11.6. The average Bonchev–Trinajstić information content (AvgIpc) is 2.86. The third-order valence-corrected chi connectivity index (χ3v) is 11.2. The van der Waals surface area contributed by atoms with Crippen molar-refractivity contribution >= 4 is 20.1 Å². The summed E-state index contributed by atoms with van der Waals surface area (Å²) < 4.78 is 11.7. The number of rotatable bonds is 3. The van der Waals surface area contributed by atoms with Crippen LogP contribution < -0.4 is 0 Å². The Morgan fingerprint density at radius 2 is 1.79 bits per heavy atom. The Bertz CT molecular complexity index is 609. The topological polar surface area (TPSA) is 52.6 Å². The highest BCUT2D eigenvalue weighted by atomic mass is 28.4. The van der Waals surface area contributed by atoms with Crippen molar-refractivity contribution in [2.75, 3.05) is 7.11 Å². The first kappa shape index (κ1) is 19.4. The lowest BCUT2D eigenvalue weighted by Crippen LogP contribution is -2.46. The number of carbonyl (C=O) groups excluding carboxylic acids is 2. The number of ether oxygens (including phenoxy) is 1. The van der Waals surface area contributed by atoms with E-state index >= 15 is 0 Å². The molecule has 0 aromatic heterocycles. The summed E-state index contributed by atoms with van der Waals surface area (Å²) in [7, 11) is -0.667. The number of methoxy groups -OCH3 is 1. The van der Waals surface area contributed by atoms with Crippen molar-refractivity contribution in [1.82, 2.24) is 0 Å². The molecule has 2 rings (SSSR count). The number of hydrogen-bond donors (Lipinski definition) is 0. The molecule has 0 amide bonds. The third-order valence-electron chi connectivity index (χ3n) is 6.70. The summed E-state index contributed by atoms with van der Waals surface area (Å²) in [6.07, 6.45) is 0.997. The van der Waals surface area contributed by atoms with Gasteiger partial charge in [-0.2, -0.15) is 0 Å². The fourth-order valence-corrected chi connectivity index (χ4v) is 5.63. The molecule has 2 aliphatic carbocycles. The van der Waals surface area contributed by atoms with Gasteiger partial charge < -0.3 is 9.16 Å². The second-order valence-corrected chi connectivity index (χ2v) is 14.2. The second-order valence-electron chi connectivity index (χ2n) is 9.48. The Kier molecular flexibility index (Phi) is 4.47. The van der Waals surface area contributed by atoms with Gasteiger partial charge in [-0.1, -0.05) is 40.2 Å². The minimum absolute atomic E-state index is 0.0545. The fraction of sp³-hybridized carbons (Fsp3) is 0.789. The van der Waals surface area contributed by atoms with Gasteiger partial charge in [0, 0.05) is 12.3 Å². The Hall–Kier alpha value is -0.943. The van der Waals surface area contributed by atoms with Gasteiger partial charge in [0.1, 0.15) is 5.57 Å². The molecule has 0 aromatic carbocycles. The van der Waals surface area contributed by atoms with E-state index in [2.05, 4.69) is 47.7 Å². The van der Waals surface area contributed by atoms with Gasteiger partial charge in [-0.25, -0.2) is 4.79 Å². The van der Waals surface area contributed by atoms with Crippen LogP contribution in [0.15, 0.2) is 11.1 Å². The van der Waals surface area contributed by atoms with E-state index in [0.29, 0.717) is 12.8 Å². The molecule has 5 heteroatoms. The average molecular weight is 353 g/mol. The van der Waals surface area contributed by atoms with E-state index in [1.54, 1.807) is 0 Å². The first-order valence-electron chi connectivity index (χ1n) is 8.73. The molecule has 2 atom stereocenters. The van der Waals surface area contributed by atoms with Gasteiger partial charge in [0.15, 0.2) is 14.1 Å². The Labute approximate surface area is 147 Å². The Morgan fingerprint density at radius 3 is 2.25 bits per heavy atom. The Balaban J connectivity index is 2.45. The number of hydrogen-bond acceptors (Lipinski definition) is 4. The number of carbonyl (C=O) groups is 2. The zero-order chi connectivity index (χ0) is 18.7. The van der Waals surface area contributed by atoms with Gasteiger partial charge in [-0.05, 0) is 36.9 Å². The highest BCUT2D eigenvalue weighted by Gasteiger charge is 2.74. The summed E-state index contributed by atoms with van der Waals surface area (Å²) in [5.41, 5.74) is 0.643. The van der Waals surface area contributed by atoms with E-state index in [4.69, 9.17) is 9.16 Å². The van der Waals surface area contributed by atoms with Crippen LogP contribution in [-0.4, -0.2) is 32.8 Å². The Morgan fingerprint density at radius 1 is 1.25 bits per heavy atom. The quantitative estimate of drug-likeness (QED) is 0.433. The van der Waals surface area contributed by atoms with Crippen LogP contribution >= 0.6 is 0 Å². The predicted molar refractivity (Wildman–Crippen MR) is 97.2 cm³/mol. The van der Waals surface area contributed by atoms with Crippen LogP contribution in [0, 0.1) is 11.3 Å². The highest BCUT2D eigenvalue weighted by molar-refractivity contribution is 6.74. The van der Waals surface area contributed by atoms with Crippen molar-refractivity contribution in [3.8, 4) is 0 Å². The molecule has 0 saturated heterocycles. The number of esters is 1. The summed E-state index contributed by atoms with van der Waals surface area (Å²) >= 11 is 0. The zero-order valence-electron chi connectivity index (χ0n) is 16.6. The summed E-state index contributed by atoms with van der Waals surface area (Å²) in [6.45, 7) is 17.4. The van der Waals surface area contributed by atoms with Crippen LogP contribution in [0.4, 0.5) is 0 Å². The lowest BCUT2D eigenvalue weighted by atomic mass is 9.94. The molecule has 0 spiro atoms. The number of Topliss-reactive ketones (excluding diaryl/α,β-unsaturated/α-hetero) is 1. The van der Waals surface area contributed by atoms with Gasteiger partial charge in [0.05, 0.1) is 12.7 Å². The fourth-order valence-electron chi connectivity index (χ4n) is 3.94. The number of ketones is 1. The number of fused-ring (bicyclic) bond motifs is 1. The van der Waals surface area contributed by atoms with Crippen molar-refractivity contribution in [2.24, 2.45) is 11.3 Å². The van der Waals surface area contributed by atoms with Crippen molar-refractivity contribution < 1.29 is 18.8 Å². The minimum Gasteiger partial charge on any atom is -0.465 e. The summed E-state index contributed by atoms with van der Waals surface area (Å²) in [6, 6.07) is 0. The SMILES string of the molecule is COC(=O)C1=C(C)C[C@]2(O[Si](C)(C)C(C)(C)C)[C@H](CC1=O)C2(C)C. The summed E-state index contributed by atoms with van der Waals surface area (Å²) in [5, 5.41) is 0.101. The van der Waals surface area contributed by atoms with E-state index < -0.39 is 14.3 Å². The normalized spacial score (nSPS) is 29.9. The predicted octanol–water partition coefficient (Wildman–Crippen LogP) is 4.26. The molecule has 4 nitrogen and oxygen atoms in total. The lowest BCUT2D eigenvalue weighted by Gasteiger charge is -2.41. The van der Waals surface area contributed by atoms with Crippen LogP contribution in [0.5, 0.6) is 0 Å². The van der Waals surface area contributed by atoms with Crippen molar-refractivity contribution in [1.29, 1.82) is 0 Å². The monoisotopic (exact) mass is 352 g/mol. The molecule has 0 radical (unpaired) electrons. The van der Waals surface area contributed by atoms with Gasteiger partial charge in [-0.3, -0.25) is 4.79 Å². The molecule has 1 fully saturated rings. The van der Waals surface area contributed by atoms with E-state index in [-0.39, 0.29) is 33.3 Å². The van der Waals surface area contributed by atoms with Gasteiger partial charge >= 0.3 is 5.97 Å². The molecule has 24 heavy (non-hydrogen) atoms. The minimum atomic E-state index is -1.99. The van der Waals surface area contributed by atoms with Crippen LogP contribution in [-0.2, 0) is 18.8 Å². The molecule has 0 bridgehead atoms. The van der Waals surface area contributed by atoms with Crippen LogP contribution in [0.1, 0.15) is 54.4 Å². The lowest BCUT2D eigenvalue weighted by molar-refractivity contribution is -0.137. The first-order chi connectivity index (χ1) is 10.7. The summed E-state index contributed by atoms with van der Waals surface area (Å²) in [4.78, 5) is 24.7. The van der Waals surface area contributed by atoms with Gasteiger partial charge in [-0.15, -0.1) is 0 Å². The van der Waals surface area contributed by atoms with E-state index in [1.807, 2.05) is 6.92 Å². The molecule has 136 valence electrons. The van der Waals surface area contributed by atoms with Crippen molar-refractivity contribution in [3.63, 3.8) is 0 Å². The summed E-state index contributed by atoms with van der Waals surface area (Å²) in [5.74, 6) is -0.460. The van der Waals surface area contributed by atoms with Crippen LogP contribution in [0.3, 0.4) is 0 Å².